The molecule has 1 heterocycles. The number of carbonyl (C=O) groups is 2. The van der Waals surface area contributed by atoms with Crippen LogP contribution in [0.5, 0.6) is 0 Å². The van der Waals surface area contributed by atoms with Crippen molar-refractivity contribution in [1.29, 1.82) is 0 Å². The van der Waals surface area contributed by atoms with E-state index in [2.05, 4.69) is 5.32 Å². The molecule has 9 heteroatoms. The van der Waals surface area contributed by atoms with Gasteiger partial charge in [0.15, 0.2) is 6.29 Å². The molecule has 0 aromatic rings. The van der Waals surface area contributed by atoms with Gasteiger partial charge in [0, 0.05) is 13.0 Å². The van der Waals surface area contributed by atoms with Crippen LogP contribution < -0.4 is 11.1 Å². The minimum Gasteiger partial charge on any atom is -0.480 e. The first-order valence-corrected chi connectivity index (χ1v) is 6.75. The van der Waals surface area contributed by atoms with E-state index in [4.69, 9.17) is 30.2 Å². The number of aliphatic carboxylic acids is 1. The fourth-order valence-corrected chi connectivity index (χ4v) is 1.44. The van der Waals surface area contributed by atoms with Crippen LogP contribution in [0.1, 0.15) is 12.8 Å². The Morgan fingerprint density at radius 3 is 2.57 bits per heavy atom. The highest BCUT2D eigenvalue weighted by atomic mass is 16.7. The molecule has 1 saturated heterocycles. The van der Waals surface area contributed by atoms with Crippen molar-refractivity contribution in [3.63, 3.8) is 0 Å². The van der Waals surface area contributed by atoms with Crippen molar-refractivity contribution >= 4 is 11.9 Å². The Morgan fingerprint density at radius 2 is 1.95 bits per heavy atom. The molecule has 0 aromatic carbocycles. The maximum absolute atomic E-state index is 11.3. The minimum atomic E-state index is -1.12. The summed E-state index contributed by atoms with van der Waals surface area (Å²) in [5, 5.41) is 20.0. The van der Waals surface area contributed by atoms with Crippen molar-refractivity contribution in [2.45, 2.75) is 31.3 Å². The van der Waals surface area contributed by atoms with E-state index in [0.717, 1.165) is 0 Å². The van der Waals surface area contributed by atoms with E-state index < -0.39 is 18.3 Å². The third kappa shape index (κ3) is 8.58. The van der Waals surface area contributed by atoms with E-state index in [9.17, 15) is 9.59 Å². The van der Waals surface area contributed by atoms with E-state index in [1.54, 1.807) is 0 Å². The van der Waals surface area contributed by atoms with Gasteiger partial charge >= 0.3 is 5.97 Å². The molecule has 1 rings (SSSR count). The SMILES string of the molecule is N[C@@H](CCC(=O)NCCOCCOCC1OC1O)C(=O)O. The van der Waals surface area contributed by atoms with Gasteiger partial charge in [-0.15, -0.1) is 0 Å². The molecule has 1 fully saturated rings. The lowest BCUT2D eigenvalue weighted by Gasteiger charge is -2.08. The molecular weight excluding hydrogens is 284 g/mol. The molecule has 1 amide bonds. The highest BCUT2D eigenvalue weighted by molar-refractivity contribution is 5.78. The molecule has 0 bridgehead atoms. The topological polar surface area (TPSA) is 144 Å². The zero-order chi connectivity index (χ0) is 15.7. The van der Waals surface area contributed by atoms with E-state index in [0.29, 0.717) is 33.0 Å². The van der Waals surface area contributed by atoms with E-state index >= 15 is 0 Å². The second kappa shape index (κ2) is 9.64. The molecule has 0 spiro atoms. The summed E-state index contributed by atoms with van der Waals surface area (Å²) >= 11 is 0. The Hall–Kier alpha value is -1.26. The Kier molecular flexibility index (Phi) is 8.16. The largest absolute Gasteiger partial charge is 0.480 e. The van der Waals surface area contributed by atoms with Gasteiger partial charge in [0.25, 0.3) is 0 Å². The van der Waals surface area contributed by atoms with Crippen LogP contribution >= 0.6 is 0 Å². The highest BCUT2D eigenvalue weighted by Gasteiger charge is 2.36. The summed E-state index contributed by atoms with van der Waals surface area (Å²) in [7, 11) is 0. The Morgan fingerprint density at radius 1 is 1.29 bits per heavy atom. The lowest BCUT2D eigenvalue weighted by Crippen LogP contribution is -2.33. The molecule has 5 N–H and O–H groups in total. The van der Waals surface area contributed by atoms with Crippen molar-refractivity contribution in [1.82, 2.24) is 5.32 Å². The Balaban J connectivity index is 1.82. The number of amides is 1. The summed E-state index contributed by atoms with van der Waals surface area (Å²) in [6.45, 7) is 1.77. The summed E-state index contributed by atoms with van der Waals surface area (Å²) in [5.74, 6) is -1.37. The van der Waals surface area contributed by atoms with Gasteiger partial charge in [0.2, 0.25) is 5.91 Å². The number of aliphatic hydroxyl groups is 1. The van der Waals surface area contributed by atoms with Crippen molar-refractivity contribution < 1.29 is 34.0 Å². The smallest absolute Gasteiger partial charge is 0.320 e. The Labute approximate surface area is 122 Å². The predicted molar refractivity (Wildman–Crippen MR) is 70.4 cm³/mol. The molecular formula is C12H22N2O7. The van der Waals surface area contributed by atoms with E-state index in [1.165, 1.54) is 0 Å². The molecule has 1 aliphatic heterocycles. The average molecular weight is 306 g/mol. The maximum atomic E-state index is 11.3. The monoisotopic (exact) mass is 306 g/mol. The standard InChI is InChI=1S/C12H22N2O7/c13-8(11(16)17)1-2-10(15)14-3-4-19-5-6-20-7-9-12(18)21-9/h8-9,12,18H,1-7,13H2,(H,14,15)(H,16,17)/t8-,9?,12?/m0/s1. The van der Waals surface area contributed by atoms with Gasteiger partial charge in [-0.3, -0.25) is 9.59 Å². The fraction of sp³-hybridized carbons (Fsp3) is 0.833. The van der Waals surface area contributed by atoms with Crippen molar-refractivity contribution in [2.24, 2.45) is 5.73 Å². The number of ether oxygens (including phenoxy) is 3. The number of aliphatic hydroxyl groups excluding tert-OH is 1. The normalized spacial score (nSPS) is 21.8. The van der Waals surface area contributed by atoms with Crippen LogP contribution in [0.3, 0.4) is 0 Å². The molecule has 122 valence electrons. The number of hydrogen-bond acceptors (Lipinski definition) is 7. The number of carboxylic acid groups (broad SMARTS) is 1. The van der Waals surface area contributed by atoms with Gasteiger partial charge in [-0.2, -0.15) is 0 Å². The van der Waals surface area contributed by atoms with Gasteiger partial charge in [-0.05, 0) is 6.42 Å². The van der Waals surface area contributed by atoms with Crippen LogP contribution in [0.4, 0.5) is 0 Å². The summed E-state index contributed by atoms with van der Waals surface area (Å²) < 4.78 is 15.1. The summed E-state index contributed by atoms with van der Waals surface area (Å²) in [6, 6.07) is -1.02. The van der Waals surface area contributed by atoms with Crippen LogP contribution in [0.15, 0.2) is 0 Å². The second-order valence-electron chi connectivity index (χ2n) is 4.59. The summed E-state index contributed by atoms with van der Waals surface area (Å²) in [5.41, 5.74) is 5.28. The van der Waals surface area contributed by atoms with Crippen molar-refractivity contribution in [3.05, 3.63) is 0 Å². The first-order valence-electron chi connectivity index (χ1n) is 6.75. The molecule has 0 aliphatic carbocycles. The highest BCUT2D eigenvalue weighted by Crippen LogP contribution is 2.18. The first kappa shape index (κ1) is 17.8. The fourth-order valence-electron chi connectivity index (χ4n) is 1.44. The van der Waals surface area contributed by atoms with Gasteiger partial charge in [0.1, 0.15) is 12.1 Å². The molecule has 21 heavy (non-hydrogen) atoms. The number of rotatable bonds is 12. The average Bonchev–Trinajstić information content (AvgIpc) is 3.14. The maximum Gasteiger partial charge on any atom is 0.320 e. The molecule has 1 aliphatic rings. The molecule has 0 aromatic heterocycles. The van der Waals surface area contributed by atoms with Gasteiger partial charge in [-0.25, -0.2) is 0 Å². The molecule has 0 radical (unpaired) electrons. The minimum absolute atomic E-state index is 0.0697. The molecule has 2 unspecified atom stereocenters. The van der Waals surface area contributed by atoms with E-state index in [1.807, 2.05) is 0 Å². The predicted octanol–water partition coefficient (Wildman–Crippen LogP) is -1.95. The molecule has 0 saturated carbocycles. The number of hydrogen-bond donors (Lipinski definition) is 4. The Bertz CT molecular complexity index is 340. The second-order valence-corrected chi connectivity index (χ2v) is 4.59. The quantitative estimate of drug-likeness (QED) is 0.240. The number of nitrogens with one attached hydrogen (secondary N) is 1. The third-order valence-electron chi connectivity index (χ3n) is 2.78. The lowest BCUT2D eigenvalue weighted by molar-refractivity contribution is -0.138. The lowest BCUT2D eigenvalue weighted by atomic mass is 10.1. The number of carboxylic acids is 1. The zero-order valence-corrected chi connectivity index (χ0v) is 11.7. The number of epoxide rings is 1. The summed E-state index contributed by atoms with van der Waals surface area (Å²) in [4.78, 5) is 21.8. The van der Waals surface area contributed by atoms with Crippen molar-refractivity contribution in [3.8, 4) is 0 Å². The van der Waals surface area contributed by atoms with Crippen LogP contribution in [0, 0.1) is 0 Å². The number of carbonyl (C=O) groups excluding carboxylic acids is 1. The zero-order valence-electron chi connectivity index (χ0n) is 11.7. The third-order valence-corrected chi connectivity index (χ3v) is 2.78. The van der Waals surface area contributed by atoms with Gasteiger partial charge in [0.05, 0.1) is 26.4 Å². The molecule has 3 atom stereocenters. The number of nitrogens with two attached hydrogens (primary N) is 1. The van der Waals surface area contributed by atoms with E-state index in [-0.39, 0.29) is 24.9 Å². The van der Waals surface area contributed by atoms with Gasteiger partial charge in [-0.1, -0.05) is 0 Å². The first-order chi connectivity index (χ1) is 10.0. The van der Waals surface area contributed by atoms with Crippen LogP contribution in [-0.4, -0.2) is 73.5 Å². The van der Waals surface area contributed by atoms with Gasteiger partial charge < -0.3 is 35.5 Å². The summed E-state index contributed by atoms with van der Waals surface area (Å²) in [6.07, 6.45) is -0.748. The molecule has 9 nitrogen and oxygen atoms in total. The van der Waals surface area contributed by atoms with Crippen LogP contribution in [0.2, 0.25) is 0 Å². The van der Waals surface area contributed by atoms with Crippen LogP contribution in [-0.2, 0) is 23.8 Å². The van der Waals surface area contributed by atoms with Crippen molar-refractivity contribution in [2.75, 3.05) is 33.0 Å². The van der Waals surface area contributed by atoms with Crippen LogP contribution in [0.25, 0.3) is 0 Å².